The lowest BCUT2D eigenvalue weighted by atomic mass is 10.1. The first-order valence-electron chi connectivity index (χ1n) is 11.2. The third-order valence-electron chi connectivity index (χ3n) is 5.91. The van der Waals surface area contributed by atoms with Gasteiger partial charge in [0, 0.05) is 22.2 Å². The molecule has 2 heterocycles. The fourth-order valence-electron chi connectivity index (χ4n) is 4.14. The third kappa shape index (κ3) is 5.01. The number of fused-ring (bicyclic) bond motifs is 2. The predicted molar refractivity (Wildman–Crippen MR) is 139 cm³/mol. The molecule has 0 amide bonds. The number of hydrogen-bond donors (Lipinski definition) is 1. The van der Waals surface area contributed by atoms with E-state index in [1.807, 2.05) is 18.2 Å². The van der Waals surface area contributed by atoms with Crippen LogP contribution in [-0.2, 0) is 21.2 Å². The first-order chi connectivity index (χ1) is 17.6. The normalized spacial score (nSPS) is 15.2. The highest BCUT2D eigenvalue weighted by molar-refractivity contribution is 7.99. The van der Waals surface area contributed by atoms with E-state index in [0.29, 0.717) is 45.9 Å². The highest BCUT2D eigenvalue weighted by atomic mass is 35.5. The number of hydrogen-bond acceptors (Lipinski definition) is 6. The minimum absolute atomic E-state index is 0.114. The molecule has 11 heteroatoms. The molecule has 1 aliphatic rings. The van der Waals surface area contributed by atoms with Crippen molar-refractivity contribution in [2.24, 2.45) is 0 Å². The average Bonchev–Trinajstić information content (AvgIpc) is 3.20. The van der Waals surface area contributed by atoms with Crippen LogP contribution in [0.15, 0.2) is 70.6 Å². The van der Waals surface area contributed by atoms with Crippen molar-refractivity contribution in [2.45, 2.75) is 29.2 Å². The summed E-state index contributed by atoms with van der Waals surface area (Å²) in [6, 6.07) is 14.2. The molecule has 0 fully saturated rings. The number of thioether (sulfide) groups is 1. The molecule has 0 bridgehead atoms. The molecule has 1 unspecified atom stereocenters. The van der Waals surface area contributed by atoms with Gasteiger partial charge in [0.05, 0.1) is 17.0 Å². The van der Waals surface area contributed by atoms with Crippen molar-refractivity contribution in [3.8, 4) is 11.5 Å². The summed E-state index contributed by atoms with van der Waals surface area (Å²) < 4.78 is 54.7. The summed E-state index contributed by atoms with van der Waals surface area (Å²) >= 11 is 7.53. The van der Waals surface area contributed by atoms with Gasteiger partial charge in [-0.15, -0.1) is 11.8 Å². The molecule has 0 saturated heterocycles. The number of nitrogens with zero attached hydrogens (tertiary/aromatic N) is 1. The summed E-state index contributed by atoms with van der Waals surface area (Å²) in [4.78, 5) is 10.9. The molecule has 0 spiro atoms. The lowest BCUT2D eigenvalue weighted by Gasteiger charge is -2.26. The van der Waals surface area contributed by atoms with Crippen molar-refractivity contribution in [3.63, 3.8) is 0 Å². The molecule has 4 aromatic rings. The van der Waals surface area contributed by atoms with Gasteiger partial charge in [0.2, 0.25) is 0 Å². The summed E-state index contributed by atoms with van der Waals surface area (Å²) in [7, 11) is -4.24. The van der Waals surface area contributed by atoms with Gasteiger partial charge in [-0.05, 0) is 54.4 Å². The molecule has 1 aliphatic heterocycles. The van der Waals surface area contributed by atoms with Crippen LogP contribution >= 0.6 is 23.4 Å². The Morgan fingerprint density at radius 3 is 2.70 bits per heavy atom. The summed E-state index contributed by atoms with van der Waals surface area (Å²) in [6.45, 7) is 2.02. The Labute approximate surface area is 221 Å². The zero-order valence-corrected chi connectivity index (χ0v) is 21.9. The van der Waals surface area contributed by atoms with Gasteiger partial charge in [-0.3, -0.25) is 4.79 Å². The van der Waals surface area contributed by atoms with Gasteiger partial charge in [-0.2, -0.15) is 0 Å². The van der Waals surface area contributed by atoms with Gasteiger partial charge in [-0.25, -0.2) is 16.8 Å². The maximum Gasteiger partial charge on any atom is 0.307 e. The van der Waals surface area contributed by atoms with E-state index in [1.54, 1.807) is 25.1 Å². The van der Waals surface area contributed by atoms with Crippen LogP contribution in [0, 0.1) is 12.7 Å². The van der Waals surface area contributed by atoms with Gasteiger partial charge in [0.15, 0.2) is 11.5 Å². The van der Waals surface area contributed by atoms with E-state index in [4.69, 9.17) is 26.2 Å². The fourth-order valence-corrected chi connectivity index (χ4v) is 7.08. The van der Waals surface area contributed by atoms with Crippen LogP contribution in [0.4, 0.5) is 4.39 Å². The van der Waals surface area contributed by atoms with E-state index < -0.39 is 21.8 Å². The number of carboxylic acid groups (broad SMARTS) is 1. The Morgan fingerprint density at radius 2 is 1.95 bits per heavy atom. The van der Waals surface area contributed by atoms with Crippen LogP contribution in [-0.4, -0.2) is 41.9 Å². The van der Waals surface area contributed by atoms with Crippen molar-refractivity contribution in [1.82, 2.24) is 3.97 Å². The van der Waals surface area contributed by atoms with Crippen LogP contribution in [0.25, 0.3) is 10.9 Å². The summed E-state index contributed by atoms with van der Waals surface area (Å²) in [5, 5.41) is 9.53. The predicted octanol–water partition coefficient (Wildman–Crippen LogP) is 5.54. The number of carboxylic acids is 1. The maximum absolute atomic E-state index is 15.1. The second-order valence-corrected chi connectivity index (χ2v) is 11.8. The third-order valence-corrected chi connectivity index (χ3v) is 9.21. The first-order valence-corrected chi connectivity index (χ1v) is 14.0. The van der Waals surface area contributed by atoms with Crippen molar-refractivity contribution in [1.29, 1.82) is 0 Å². The second-order valence-electron chi connectivity index (χ2n) is 8.56. The van der Waals surface area contributed by atoms with Gasteiger partial charge in [0.1, 0.15) is 23.4 Å². The number of aromatic nitrogens is 1. The number of para-hydroxylation sites is 2. The molecule has 0 aliphatic carbocycles. The second kappa shape index (κ2) is 9.92. The van der Waals surface area contributed by atoms with Crippen LogP contribution in [0.1, 0.15) is 11.1 Å². The molecule has 192 valence electrons. The molecular weight excluding hydrogens is 541 g/mol. The molecule has 0 saturated carbocycles. The standard InChI is InChI=1S/C26H21ClFNO6S2/c1-15-12-29(21-7-6-16(8-18(15)21)9-26(30)31)37(32,33)25-11-20(28)24(10-19(25)27)36-14-17-13-34-22-4-2-3-5-23(22)35-17/h2-8,10-12,17H,9,13-14H2,1H3,(H,30,31). The lowest BCUT2D eigenvalue weighted by molar-refractivity contribution is -0.136. The molecule has 1 atom stereocenters. The highest BCUT2D eigenvalue weighted by Crippen LogP contribution is 2.36. The molecule has 1 aromatic heterocycles. The van der Waals surface area contributed by atoms with Crippen molar-refractivity contribution in [3.05, 3.63) is 82.8 Å². The number of aliphatic carboxylic acids is 1. The number of aryl methyl sites for hydroxylation is 1. The van der Waals surface area contributed by atoms with Gasteiger partial charge in [0.25, 0.3) is 10.0 Å². The van der Waals surface area contributed by atoms with Gasteiger partial charge < -0.3 is 14.6 Å². The van der Waals surface area contributed by atoms with Crippen molar-refractivity contribution >= 4 is 50.3 Å². The summed E-state index contributed by atoms with van der Waals surface area (Å²) in [5.41, 5.74) is 1.52. The van der Waals surface area contributed by atoms with Crippen LogP contribution in [0.5, 0.6) is 11.5 Å². The van der Waals surface area contributed by atoms with Crippen molar-refractivity contribution in [2.75, 3.05) is 12.4 Å². The minimum Gasteiger partial charge on any atom is -0.486 e. The molecular formula is C26H21ClFNO6S2. The number of halogens is 2. The van der Waals surface area contributed by atoms with E-state index in [2.05, 4.69) is 0 Å². The SMILES string of the molecule is Cc1cn(S(=O)(=O)c2cc(F)c(SCC3COc4ccccc4O3)cc2Cl)c2ccc(CC(=O)O)cc12. The molecule has 1 N–H and O–H groups in total. The first kappa shape index (κ1) is 25.4. The number of rotatable bonds is 7. The van der Waals surface area contributed by atoms with E-state index in [-0.39, 0.29) is 27.3 Å². The quantitative estimate of drug-likeness (QED) is 0.296. The number of ether oxygens (including phenoxy) is 2. The Balaban J connectivity index is 1.40. The zero-order chi connectivity index (χ0) is 26.3. The molecule has 5 rings (SSSR count). The Hall–Kier alpha value is -3.21. The monoisotopic (exact) mass is 561 g/mol. The largest absolute Gasteiger partial charge is 0.486 e. The maximum atomic E-state index is 15.1. The average molecular weight is 562 g/mol. The fraction of sp³-hybridized carbons (Fsp3) is 0.192. The van der Waals surface area contributed by atoms with E-state index in [0.717, 1.165) is 21.8 Å². The molecule has 3 aromatic carbocycles. The Morgan fingerprint density at radius 1 is 1.19 bits per heavy atom. The van der Waals surface area contributed by atoms with Crippen LogP contribution in [0.3, 0.4) is 0 Å². The Bertz CT molecular complexity index is 1640. The van der Waals surface area contributed by atoms with Crippen LogP contribution in [0.2, 0.25) is 5.02 Å². The summed E-state index contributed by atoms with van der Waals surface area (Å²) in [6.07, 6.45) is 0.912. The van der Waals surface area contributed by atoms with Gasteiger partial charge in [-0.1, -0.05) is 29.8 Å². The van der Waals surface area contributed by atoms with Gasteiger partial charge >= 0.3 is 5.97 Å². The Kier molecular flexibility index (Phi) is 6.82. The number of benzene rings is 3. The topological polar surface area (TPSA) is 94.8 Å². The highest BCUT2D eigenvalue weighted by Gasteiger charge is 2.26. The molecule has 37 heavy (non-hydrogen) atoms. The van der Waals surface area contributed by atoms with E-state index >= 15 is 4.39 Å². The molecule has 0 radical (unpaired) electrons. The van der Waals surface area contributed by atoms with Crippen molar-refractivity contribution < 1.29 is 32.2 Å². The summed E-state index contributed by atoms with van der Waals surface area (Å²) in [5.74, 6) is -0.0749. The molecule has 7 nitrogen and oxygen atoms in total. The lowest BCUT2D eigenvalue weighted by Crippen LogP contribution is -2.31. The number of carbonyl (C=O) groups is 1. The minimum atomic E-state index is -4.24. The van der Waals surface area contributed by atoms with E-state index in [1.165, 1.54) is 18.3 Å². The van der Waals surface area contributed by atoms with Crippen LogP contribution < -0.4 is 9.47 Å². The smallest absolute Gasteiger partial charge is 0.307 e. The van der Waals surface area contributed by atoms with E-state index in [9.17, 15) is 13.2 Å². The zero-order valence-electron chi connectivity index (χ0n) is 19.5.